The lowest BCUT2D eigenvalue weighted by Crippen LogP contribution is -2.28. The van der Waals surface area contributed by atoms with E-state index in [-0.39, 0.29) is 6.09 Å². The number of carbonyl (C=O) groups excluding carboxylic acids is 1. The molecule has 82 valence electrons. The molecule has 1 aromatic carbocycles. The summed E-state index contributed by atoms with van der Waals surface area (Å²) in [4.78, 5) is 12.6. The minimum atomic E-state index is -0.299. The Balaban J connectivity index is 2.43. The van der Waals surface area contributed by atoms with Crippen LogP contribution in [0.5, 0.6) is 0 Å². The Kier molecular flexibility index (Phi) is 4.62. The third-order valence-electron chi connectivity index (χ3n) is 2.14. The smallest absolute Gasteiger partial charge is 0.409 e. The largest absolute Gasteiger partial charge is 0.453 e. The Labute approximate surface area is 98.2 Å². The standard InChI is InChI=1S/C11H14BrNO2/c1-13(11(14)15-2)8-7-9-3-5-10(12)6-4-9/h3-6H,7-8H2,1-2H3. The summed E-state index contributed by atoms with van der Waals surface area (Å²) in [6.07, 6.45) is 0.533. The van der Waals surface area contributed by atoms with E-state index in [0.29, 0.717) is 6.54 Å². The van der Waals surface area contributed by atoms with Crippen molar-refractivity contribution in [3.05, 3.63) is 34.3 Å². The summed E-state index contributed by atoms with van der Waals surface area (Å²) in [7, 11) is 3.11. The van der Waals surface area contributed by atoms with Crippen LogP contribution in [0.1, 0.15) is 5.56 Å². The molecule has 0 unspecified atom stereocenters. The zero-order valence-corrected chi connectivity index (χ0v) is 10.5. The fourth-order valence-corrected chi connectivity index (χ4v) is 1.46. The van der Waals surface area contributed by atoms with Gasteiger partial charge >= 0.3 is 6.09 Å². The van der Waals surface area contributed by atoms with E-state index in [1.54, 1.807) is 11.9 Å². The fraction of sp³-hybridized carbons (Fsp3) is 0.364. The van der Waals surface area contributed by atoms with Gasteiger partial charge in [-0.3, -0.25) is 0 Å². The highest BCUT2D eigenvalue weighted by atomic mass is 79.9. The van der Waals surface area contributed by atoms with Crippen LogP contribution >= 0.6 is 15.9 Å². The number of rotatable bonds is 3. The van der Waals surface area contributed by atoms with Crippen LogP contribution in [-0.2, 0) is 11.2 Å². The average molecular weight is 272 g/mol. The van der Waals surface area contributed by atoms with Crippen LogP contribution in [0.15, 0.2) is 28.7 Å². The summed E-state index contributed by atoms with van der Waals surface area (Å²) in [5.41, 5.74) is 1.20. The summed E-state index contributed by atoms with van der Waals surface area (Å²) in [5.74, 6) is 0. The molecule has 0 aliphatic carbocycles. The monoisotopic (exact) mass is 271 g/mol. The Morgan fingerprint density at radius 1 is 1.40 bits per heavy atom. The third-order valence-corrected chi connectivity index (χ3v) is 2.66. The molecular weight excluding hydrogens is 258 g/mol. The number of amides is 1. The number of likely N-dealkylation sites (N-methyl/N-ethyl adjacent to an activating group) is 1. The molecule has 0 saturated heterocycles. The van der Waals surface area contributed by atoms with Crippen molar-refractivity contribution in [2.24, 2.45) is 0 Å². The molecule has 0 aliphatic rings. The van der Waals surface area contributed by atoms with Crippen LogP contribution < -0.4 is 0 Å². The van der Waals surface area contributed by atoms with Gasteiger partial charge in [-0.2, -0.15) is 0 Å². The molecule has 0 heterocycles. The van der Waals surface area contributed by atoms with Gasteiger partial charge in [0.25, 0.3) is 0 Å². The van der Waals surface area contributed by atoms with Crippen LogP contribution in [0, 0.1) is 0 Å². The second-order valence-corrected chi connectivity index (χ2v) is 4.18. The van der Waals surface area contributed by atoms with Crippen molar-refractivity contribution in [3.8, 4) is 0 Å². The second kappa shape index (κ2) is 5.75. The molecule has 0 bridgehead atoms. The Bertz CT molecular complexity index is 324. The minimum absolute atomic E-state index is 0.299. The highest BCUT2D eigenvalue weighted by molar-refractivity contribution is 9.10. The number of hydrogen-bond acceptors (Lipinski definition) is 2. The maximum absolute atomic E-state index is 11.1. The molecule has 15 heavy (non-hydrogen) atoms. The first kappa shape index (κ1) is 12.0. The van der Waals surface area contributed by atoms with Crippen molar-refractivity contribution in [1.82, 2.24) is 4.90 Å². The van der Waals surface area contributed by atoms with Gasteiger partial charge in [0.15, 0.2) is 0 Å². The number of hydrogen-bond donors (Lipinski definition) is 0. The normalized spacial score (nSPS) is 9.80. The van der Waals surface area contributed by atoms with Crippen molar-refractivity contribution < 1.29 is 9.53 Å². The number of ether oxygens (including phenoxy) is 1. The number of carbonyl (C=O) groups is 1. The van der Waals surface area contributed by atoms with Gasteiger partial charge in [0.1, 0.15) is 0 Å². The summed E-state index contributed by atoms with van der Waals surface area (Å²) in [5, 5.41) is 0. The molecular formula is C11H14BrNO2. The maximum Gasteiger partial charge on any atom is 0.409 e. The molecule has 0 N–H and O–H groups in total. The van der Waals surface area contributed by atoms with Gasteiger partial charge in [-0.15, -0.1) is 0 Å². The van der Waals surface area contributed by atoms with Gasteiger partial charge in [0.2, 0.25) is 0 Å². The van der Waals surface area contributed by atoms with Gasteiger partial charge < -0.3 is 9.64 Å². The van der Waals surface area contributed by atoms with Crippen LogP contribution in [0.2, 0.25) is 0 Å². The SMILES string of the molecule is COC(=O)N(C)CCc1ccc(Br)cc1. The summed E-state index contributed by atoms with van der Waals surface area (Å²) in [6, 6.07) is 8.06. The van der Waals surface area contributed by atoms with E-state index < -0.39 is 0 Å². The zero-order valence-electron chi connectivity index (χ0n) is 8.87. The first-order chi connectivity index (χ1) is 7.13. The zero-order chi connectivity index (χ0) is 11.3. The molecule has 3 nitrogen and oxygen atoms in total. The summed E-state index contributed by atoms with van der Waals surface area (Å²) >= 11 is 3.38. The van der Waals surface area contributed by atoms with Crippen molar-refractivity contribution >= 4 is 22.0 Å². The highest BCUT2D eigenvalue weighted by Crippen LogP contribution is 2.11. The highest BCUT2D eigenvalue weighted by Gasteiger charge is 2.06. The minimum Gasteiger partial charge on any atom is -0.453 e. The lowest BCUT2D eigenvalue weighted by atomic mass is 10.1. The quantitative estimate of drug-likeness (QED) is 0.846. The van der Waals surface area contributed by atoms with Gasteiger partial charge in [0, 0.05) is 18.1 Å². The molecule has 1 amide bonds. The van der Waals surface area contributed by atoms with Crippen molar-refractivity contribution in [2.45, 2.75) is 6.42 Å². The molecule has 1 rings (SSSR count). The van der Waals surface area contributed by atoms with Crippen LogP contribution in [0.25, 0.3) is 0 Å². The lowest BCUT2D eigenvalue weighted by Gasteiger charge is -2.14. The van der Waals surface area contributed by atoms with Crippen molar-refractivity contribution in [1.29, 1.82) is 0 Å². The number of benzene rings is 1. The van der Waals surface area contributed by atoms with E-state index >= 15 is 0 Å². The molecule has 0 aromatic heterocycles. The molecule has 0 aliphatic heterocycles. The van der Waals surface area contributed by atoms with E-state index in [2.05, 4.69) is 20.7 Å². The summed E-state index contributed by atoms with van der Waals surface area (Å²) in [6.45, 7) is 0.661. The van der Waals surface area contributed by atoms with Gasteiger partial charge in [0.05, 0.1) is 7.11 Å². The van der Waals surface area contributed by atoms with E-state index in [9.17, 15) is 4.79 Å². The molecule has 0 saturated carbocycles. The number of halogens is 1. The van der Waals surface area contributed by atoms with Crippen LogP contribution in [-0.4, -0.2) is 31.7 Å². The number of nitrogens with zero attached hydrogens (tertiary/aromatic N) is 1. The number of methoxy groups -OCH3 is 1. The Morgan fingerprint density at radius 2 is 2.00 bits per heavy atom. The molecule has 0 spiro atoms. The Morgan fingerprint density at radius 3 is 2.53 bits per heavy atom. The van der Waals surface area contributed by atoms with Gasteiger partial charge in [-0.1, -0.05) is 28.1 Å². The second-order valence-electron chi connectivity index (χ2n) is 3.27. The molecule has 0 atom stereocenters. The van der Waals surface area contributed by atoms with E-state index in [1.807, 2.05) is 24.3 Å². The van der Waals surface area contributed by atoms with Gasteiger partial charge in [-0.25, -0.2) is 4.79 Å². The fourth-order valence-electron chi connectivity index (χ4n) is 1.20. The predicted octanol–water partition coefficient (Wildman–Crippen LogP) is 2.69. The van der Waals surface area contributed by atoms with Gasteiger partial charge in [-0.05, 0) is 24.1 Å². The molecule has 1 aromatic rings. The molecule has 0 fully saturated rings. The van der Waals surface area contributed by atoms with E-state index in [4.69, 9.17) is 0 Å². The lowest BCUT2D eigenvalue weighted by molar-refractivity contribution is 0.134. The third kappa shape index (κ3) is 3.91. The predicted molar refractivity (Wildman–Crippen MR) is 62.9 cm³/mol. The van der Waals surface area contributed by atoms with Crippen molar-refractivity contribution in [2.75, 3.05) is 20.7 Å². The first-order valence-electron chi connectivity index (χ1n) is 4.67. The average Bonchev–Trinajstić information content (AvgIpc) is 2.26. The first-order valence-corrected chi connectivity index (χ1v) is 5.46. The van der Waals surface area contributed by atoms with Crippen LogP contribution in [0.4, 0.5) is 4.79 Å². The van der Waals surface area contributed by atoms with Crippen LogP contribution in [0.3, 0.4) is 0 Å². The maximum atomic E-state index is 11.1. The summed E-state index contributed by atoms with van der Waals surface area (Å²) < 4.78 is 5.66. The van der Waals surface area contributed by atoms with E-state index in [0.717, 1.165) is 10.9 Å². The molecule has 4 heteroatoms. The molecule has 0 radical (unpaired) electrons. The van der Waals surface area contributed by atoms with Crippen molar-refractivity contribution in [3.63, 3.8) is 0 Å². The Hall–Kier alpha value is -1.03. The topological polar surface area (TPSA) is 29.5 Å². The van der Waals surface area contributed by atoms with E-state index in [1.165, 1.54) is 12.7 Å².